The molecular formula is C15H17ClN2O3. The molecule has 21 heavy (non-hydrogen) atoms. The molecule has 0 bridgehead atoms. The SMILES string of the molecule is CC1CNCCN1C(=O)c1cc2ccccc2oc1=O.Cl. The number of rotatable bonds is 1. The van der Waals surface area contributed by atoms with Crippen molar-refractivity contribution in [3.05, 3.63) is 46.3 Å². The number of benzene rings is 1. The summed E-state index contributed by atoms with van der Waals surface area (Å²) >= 11 is 0. The van der Waals surface area contributed by atoms with Gasteiger partial charge in [-0.1, -0.05) is 18.2 Å². The molecule has 1 saturated heterocycles. The molecule has 112 valence electrons. The molecule has 1 amide bonds. The normalized spacial score (nSPS) is 18.3. The summed E-state index contributed by atoms with van der Waals surface area (Å²) in [6, 6.07) is 8.89. The van der Waals surface area contributed by atoms with Gasteiger partial charge in [0.05, 0.1) is 0 Å². The Balaban J connectivity index is 0.00000161. The summed E-state index contributed by atoms with van der Waals surface area (Å²) in [6.45, 7) is 4.05. The standard InChI is InChI=1S/C15H16N2O3.ClH/c1-10-9-16-6-7-17(10)14(18)12-8-11-4-2-3-5-13(11)20-15(12)19;/h2-5,8,10,16H,6-7,9H2,1H3;1H. The van der Waals surface area contributed by atoms with Crippen LogP contribution in [0.3, 0.4) is 0 Å². The monoisotopic (exact) mass is 308 g/mol. The molecule has 1 aliphatic heterocycles. The highest BCUT2D eigenvalue weighted by atomic mass is 35.5. The van der Waals surface area contributed by atoms with E-state index in [1.165, 1.54) is 0 Å². The molecule has 0 spiro atoms. The topological polar surface area (TPSA) is 62.6 Å². The van der Waals surface area contributed by atoms with Gasteiger partial charge in [-0.3, -0.25) is 4.79 Å². The molecule has 1 aromatic carbocycles. The minimum Gasteiger partial charge on any atom is -0.422 e. The average Bonchev–Trinajstić information content (AvgIpc) is 2.46. The van der Waals surface area contributed by atoms with Crippen LogP contribution in [0.15, 0.2) is 39.5 Å². The fourth-order valence-electron chi connectivity index (χ4n) is 2.51. The van der Waals surface area contributed by atoms with Crippen molar-refractivity contribution in [2.24, 2.45) is 0 Å². The van der Waals surface area contributed by atoms with E-state index >= 15 is 0 Å². The van der Waals surface area contributed by atoms with Gasteiger partial charge in [-0.15, -0.1) is 12.4 Å². The lowest BCUT2D eigenvalue weighted by molar-refractivity contribution is 0.0651. The highest BCUT2D eigenvalue weighted by Gasteiger charge is 2.26. The summed E-state index contributed by atoms with van der Waals surface area (Å²) in [5.74, 6) is -0.251. The second-order valence-electron chi connectivity index (χ2n) is 5.04. The third kappa shape index (κ3) is 2.94. The minimum atomic E-state index is -0.570. The van der Waals surface area contributed by atoms with Crippen molar-refractivity contribution in [1.82, 2.24) is 10.2 Å². The number of hydrogen-bond acceptors (Lipinski definition) is 4. The summed E-state index contributed by atoms with van der Waals surface area (Å²) in [5, 5.41) is 3.98. The van der Waals surface area contributed by atoms with Gasteiger partial charge in [0, 0.05) is 31.1 Å². The van der Waals surface area contributed by atoms with Crippen LogP contribution < -0.4 is 10.9 Å². The zero-order chi connectivity index (χ0) is 14.1. The molecule has 2 heterocycles. The third-order valence-corrected chi connectivity index (χ3v) is 3.63. The largest absolute Gasteiger partial charge is 0.422 e. The van der Waals surface area contributed by atoms with Crippen LogP contribution in [0.5, 0.6) is 0 Å². The van der Waals surface area contributed by atoms with E-state index in [-0.39, 0.29) is 29.9 Å². The maximum atomic E-state index is 12.5. The fraction of sp³-hybridized carbons (Fsp3) is 0.333. The molecule has 3 rings (SSSR count). The van der Waals surface area contributed by atoms with E-state index in [2.05, 4.69) is 5.32 Å². The van der Waals surface area contributed by atoms with Gasteiger partial charge < -0.3 is 14.6 Å². The lowest BCUT2D eigenvalue weighted by Gasteiger charge is -2.33. The summed E-state index contributed by atoms with van der Waals surface area (Å²) in [6.07, 6.45) is 0. The molecule has 1 atom stereocenters. The first-order chi connectivity index (χ1) is 9.66. The molecule has 1 aliphatic rings. The van der Waals surface area contributed by atoms with Crippen molar-refractivity contribution in [2.45, 2.75) is 13.0 Å². The predicted octanol–water partition coefficient (Wildman–Crippen LogP) is 1.65. The van der Waals surface area contributed by atoms with Crippen LogP contribution >= 0.6 is 12.4 Å². The van der Waals surface area contributed by atoms with E-state index in [4.69, 9.17) is 4.42 Å². The number of nitrogens with zero attached hydrogens (tertiary/aromatic N) is 1. The van der Waals surface area contributed by atoms with Gasteiger partial charge in [0.2, 0.25) is 0 Å². The van der Waals surface area contributed by atoms with E-state index in [1.54, 1.807) is 23.1 Å². The first-order valence-corrected chi connectivity index (χ1v) is 6.71. The van der Waals surface area contributed by atoms with Crippen molar-refractivity contribution >= 4 is 29.3 Å². The number of halogens is 1. The first kappa shape index (κ1) is 15.5. The molecule has 1 N–H and O–H groups in total. The van der Waals surface area contributed by atoms with E-state index in [0.29, 0.717) is 12.1 Å². The lowest BCUT2D eigenvalue weighted by Crippen LogP contribution is -2.52. The smallest absolute Gasteiger partial charge is 0.349 e. The molecule has 0 radical (unpaired) electrons. The second-order valence-corrected chi connectivity index (χ2v) is 5.04. The molecule has 6 heteroatoms. The number of amides is 1. The van der Waals surface area contributed by atoms with E-state index in [9.17, 15) is 9.59 Å². The van der Waals surface area contributed by atoms with Crippen LogP contribution in [-0.2, 0) is 0 Å². The van der Waals surface area contributed by atoms with Gasteiger partial charge in [0.1, 0.15) is 11.1 Å². The van der Waals surface area contributed by atoms with Crippen LogP contribution in [0.2, 0.25) is 0 Å². The Kier molecular flexibility index (Phi) is 4.65. The molecular weight excluding hydrogens is 292 g/mol. The van der Waals surface area contributed by atoms with Crippen LogP contribution in [0.4, 0.5) is 0 Å². The number of piperazine rings is 1. The van der Waals surface area contributed by atoms with Gasteiger partial charge in [-0.2, -0.15) is 0 Å². The van der Waals surface area contributed by atoms with Crippen LogP contribution in [-0.4, -0.2) is 36.5 Å². The van der Waals surface area contributed by atoms with Gasteiger partial charge in [0.15, 0.2) is 0 Å². The van der Waals surface area contributed by atoms with Crippen molar-refractivity contribution < 1.29 is 9.21 Å². The van der Waals surface area contributed by atoms with Crippen molar-refractivity contribution in [3.8, 4) is 0 Å². The highest BCUT2D eigenvalue weighted by molar-refractivity contribution is 5.96. The molecule has 2 aromatic rings. The zero-order valence-corrected chi connectivity index (χ0v) is 12.5. The van der Waals surface area contributed by atoms with E-state index in [0.717, 1.165) is 18.5 Å². The fourth-order valence-corrected chi connectivity index (χ4v) is 2.51. The maximum absolute atomic E-state index is 12.5. The third-order valence-electron chi connectivity index (χ3n) is 3.63. The summed E-state index contributed by atoms with van der Waals surface area (Å²) < 4.78 is 5.22. The van der Waals surface area contributed by atoms with E-state index < -0.39 is 5.63 Å². The zero-order valence-electron chi connectivity index (χ0n) is 11.7. The quantitative estimate of drug-likeness (QED) is 0.814. The molecule has 0 saturated carbocycles. The summed E-state index contributed by atoms with van der Waals surface area (Å²) in [4.78, 5) is 26.2. The number of fused-ring (bicyclic) bond motifs is 1. The summed E-state index contributed by atoms with van der Waals surface area (Å²) in [5.41, 5.74) is 0.0410. The second kappa shape index (κ2) is 6.28. The maximum Gasteiger partial charge on any atom is 0.349 e. The van der Waals surface area contributed by atoms with Gasteiger partial charge in [0.25, 0.3) is 5.91 Å². The Morgan fingerprint density at radius 2 is 2.14 bits per heavy atom. The van der Waals surface area contributed by atoms with Crippen LogP contribution in [0.25, 0.3) is 11.0 Å². The molecule has 1 aromatic heterocycles. The van der Waals surface area contributed by atoms with Gasteiger partial charge >= 0.3 is 5.63 Å². The minimum absolute atomic E-state index is 0. The lowest BCUT2D eigenvalue weighted by atomic mass is 10.1. The van der Waals surface area contributed by atoms with Crippen molar-refractivity contribution in [2.75, 3.05) is 19.6 Å². The van der Waals surface area contributed by atoms with Gasteiger partial charge in [-0.25, -0.2) is 4.79 Å². The first-order valence-electron chi connectivity index (χ1n) is 6.71. The average molecular weight is 309 g/mol. The van der Waals surface area contributed by atoms with Crippen LogP contribution in [0, 0.1) is 0 Å². The summed E-state index contributed by atoms with van der Waals surface area (Å²) in [7, 11) is 0. The van der Waals surface area contributed by atoms with Crippen molar-refractivity contribution in [3.63, 3.8) is 0 Å². The Labute approximate surface area is 128 Å². The Morgan fingerprint density at radius 1 is 1.38 bits per heavy atom. The highest BCUT2D eigenvalue weighted by Crippen LogP contribution is 2.15. The molecule has 1 unspecified atom stereocenters. The number of hydrogen-bond donors (Lipinski definition) is 1. The van der Waals surface area contributed by atoms with E-state index in [1.807, 2.05) is 19.1 Å². The predicted molar refractivity (Wildman–Crippen MR) is 83.1 cm³/mol. The number of carbonyl (C=O) groups is 1. The Morgan fingerprint density at radius 3 is 2.90 bits per heavy atom. The van der Waals surface area contributed by atoms with Crippen molar-refractivity contribution in [1.29, 1.82) is 0 Å². The number of para-hydroxylation sites is 1. The number of carbonyl (C=O) groups excluding carboxylic acids is 1. The van der Waals surface area contributed by atoms with Crippen LogP contribution in [0.1, 0.15) is 17.3 Å². The number of nitrogens with one attached hydrogen (secondary N) is 1. The van der Waals surface area contributed by atoms with Gasteiger partial charge in [-0.05, 0) is 19.1 Å². The molecule has 0 aliphatic carbocycles. The Bertz CT molecular complexity index is 713. The molecule has 5 nitrogen and oxygen atoms in total. The Hall–Kier alpha value is -1.85. The molecule has 1 fully saturated rings.